The van der Waals surface area contributed by atoms with E-state index >= 15 is 0 Å². The number of H-pyrrole nitrogens is 1. The van der Waals surface area contributed by atoms with E-state index in [9.17, 15) is 19.5 Å². The SMILES string of the molecule is O=C1C2C(c3nccs3)NC(Cc3c[nH]c4ccccc34)(C(=O)O)C2C(=O)N1CCSc1ccccc1. The minimum absolute atomic E-state index is 0.0566. The van der Waals surface area contributed by atoms with Crippen LogP contribution in [0.3, 0.4) is 0 Å². The summed E-state index contributed by atoms with van der Waals surface area (Å²) in [6.45, 7) is 0.220. The van der Waals surface area contributed by atoms with Crippen molar-refractivity contribution in [1.82, 2.24) is 20.2 Å². The standard InChI is InChI=1S/C27H24N4O4S2/c32-24-20-21(25(33)31(24)11-13-36-17-6-2-1-3-7-17)27(26(34)35,30-22(20)23-28-10-12-37-23)14-16-15-29-19-9-5-4-8-18(16)19/h1-10,12,15,20-22,29-30H,11,13-14H2,(H,34,35). The van der Waals surface area contributed by atoms with Gasteiger partial charge in [-0.1, -0.05) is 36.4 Å². The van der Waals surface area contributed by atoms with Gasteiger partial charge in [0, 0.05) is 52.3 Å². The number of carboxylic acids is 1. The molecule has 8 nitrogen and oxygen atoms in total. The third-order valence-corrected chi connectivity index (χ3v) is 9.17. The predicted molar refractivity (Wildman–Crippen MR) is 141 cm³/mol. The molecule has 37 heavy (non-hydrogen) atoms. The number of aromatic nitrogens is 2. The van der Waals surface area contributed by atoms with Crippen LogP contribution in [0.15, 0.2) is 77.3 Å². The number of aromatic amines is 1. The average Bonchev–Trinajstić information content (AvgIpc) is 3.68. The summed E-state index contributed by atoms with van der Waals surface area (Å²) < 4.78 is 0. The van der Waals surface area contributed by atoms with Gasteiger partial charge in [-0.3, -0.25) is 24.6 Å². The number of nitrogens with zero attached hydrogens (tertiary/aromatic N) is 2. The number of likely N-dealkylation sites (tertiary alicyclic amines) is 1. The minimum Gasteiger partial charge on any atom is -0.480 e. The van der Waals surface area contributed by atoms with Crippen molar-refractivity contribution in [1.29, 1.82) is 0 Å². The molecule has 10 heteroatoms. The molecule has 4 unspecified atom stereocenters. The van der Waals surface area contributed by atoms with Crippen LogP contribution in [0.2, 0.25) is 0 Å². The molecule has 4 heterocycles. The number of fused-ring (bicyclic) bond motifs is 2. The number of rotatable bonds is 8. The summed E-state index contributed by atoms with van der Waals surface area (Å²) in [4.78, 5) is 50.5. The van der Waals surface area contributed by atoms with Gasteiger partial charge in [-0.05, 0) is 23.8 Å². The van der Waals surface area contributed by atoms with E-state index < -0.39 is 35.3 Å². The Balaban J connectivity index is 1.36. The first-order chi connectivity index (χ1) is 18.0. The fraction of sp³-hybridized carbons (Fsp3) is 0.259. The Morgan fingerprint density at radius 2 is 1.89 bits per heavy atom. The van der Waals surface area contributed by atoms with Gasteiger partial charge in [0.25, 0.3) is 0 Å². The average molecular weight is 533 g/mol. The molecule has 0 aliphatic carbocycles. The number of carbonyl (C=O) groups excluding carboxylic acids is 2. The van der Waals surface area contributed by atoms with Crippen LogP contribution >= 0.6 is 23.1 Å². The summed E-state index contributed by atoms with van der Waals surface area (Å²) in [5.74, 6) is -3.26. The van der Waals surface area contributed by atoms with Crippen molar-refractivity contribution in [2.75, 3.05) is 12.3 Å². The summed E-state index contributed by atoms with van der Waals surface area (Å²) in [6.07, 6.45) is 3.48. The van der Waals surface area contributed by atoms with E-state index in [1.54, 1.807) is 29.5 Å². The molecule has 0 radical (unpaired) electrons. The third-order valence-electron chi connectivity index (χ3n) is 7.32. The van der Waals surface area contributed by atoms with E-state index in [-0.39, 0.29) is 18.9 Å². The second-order valence-electron chi connectivity index (χ2n) is 9.30. The number of thioether (sulfide) groups is 1. The normalized spacial score (nSPS) is 25.2. The zero-order valence-corrected chi connectivity index (χ0v) is 21.3. The van der Waals surface area contributed by atoms with E-state index in [1.807, 2.05) is 54.6 Å². The number of nitrogens with one attached hydrogen (secondary N) is 2. The number of para-hydroxylation sites is 1. The number of aliphatic carboxylic acids is 1. The first kappa shape index (κ1) is 23.9. The molecule has 0 bridgehead atoms. The zero-order valence-electron chi connectivity index (χ0n) is 19.7. The van der Waals surface area contributed by atoms with E-state index in [1.165, 1.54) is 16.2 Å². The zero-order chi connectivity index (χ0) is 25.6. The van der Waals surface area contributed by atoms with Gasteiger partial charge in [-0.15, -0.1) is 23.1 Å². The van der Waals surface area contributed by atoms with Gasteiger partial charge in [0.1, 0.15) is 10.5 Å². The second-order valence-corrected chi connectivity index (χ2v) is 11.4. The summed E-state index contributed by atoms with van der Waals surface area (Å²) in [7, 11) is 0. The number of hydrogen-bond acceptors (Lipinski definition) is 7. The molecule has 2 fully saturated rings. The Morgan fingerprint density at radius 3 is 2.65 bits per heavy atom. The Hall–Kier alpha value is -3.47. The lowest BCUT2D eigenvalue weighted by molar-refractivity contribution is -0.151. The lowest BCUT2D eigenvalue weighted by Crippen LogP contribution is -2.57. The molecule has 0 saturated carbocycles. The number of imide groups is 1. The highest BCUT2D eigenvalue weighted by molar-refractivity contribution is 7.99. The molecule has 4 atom stereocenters. The maximum Gasteiger partial charge on any atom is 0.325 e. The number of amides is 2. The van der Waals surface area contributed by atoms with Crippen LogP contribution in [-0.4, -0.2) is 55.6 Å². The van der Waals surface area contributed by atoms with Crippen LogP contribution < -0.4 is 5.32 Å². The van der Waals surface area contributed by atoms with Gasteiger partial charge in [0.15, 0.2) is 0 Å². The predicted octanol–water partition coefficient (Wildman–Crippen LogP) is 3.73. The van der Waals surface area contributed by atoms with Gasteiger partial charge in [-0.25, -0.2) is 4.98 Å². The van der Waals surface area contributed by atoms with Crippen LogP contribution in [0.5, 0.6) is 0 Å². The first-order valence-corrected chi connectivity index (χ1v) is 13.8. The molecule has 2 aromatic carbocycles. The fourth-order valence-electron chi connectivity index (χ4n) is 5.67. The van der Waals surface area contributed by atoms with Gasteiger partial charge < -0.3 is 10.1 Å². The molecular weight excluding hydrogens is 508 g/mol. The Labute approximate surface area is 221 Å². The maximum atomic E-state index is 13.8. The van der Waals surface area contributed by atoms with Crippen molar-refractivity contribution < 1.29 is 19.5 Å². The molecule has 3 N–H and O–H groups in total. The molecule has 0 spiro atoms. The lowest BCUT2D eigenvalue weighted by Gasteiger charge is -2.31. The van der Waals surface area contributed by atoms with Crippen molar-refractivity contribution in [2.24, 2.45) is 11.8 Å². The molecule has 4 aromatic rings. The summed E-state index contributed by atoms with van der Waals surface area (Å²) >= 11 is 2.91. The maximum absolute atomic E-state index is 13.8. The van der Waals surface area contributed by atoms with Gasteiger partial charge in [-0.2, -0.15) is 0 Å². The summed E-state index contributed by atoms with van der Waals surface area (Å²) in [5.41, 5.74) is 0.0138. The van der Waals surface area contributed by atoms with E-state index in [0.717, 1.165) is 21.4 Å². The Morgan fingerprint density at radius 1 is 1.11 bits per heavy atom. The first-order valence-electron chi connectivity index (χ1n) is 12.0. The van der Waals surface area contributed by atoms with Crippen molar-refractivity contribution in [3.05, 3.63) is 82.9 Å². The van der Waals surface area contributed by atoms with E-state index in [2.05, 4.69) is 15.3 Å². The highest BCUT2D eigenvalue weighted by Gasteiger charge is 2.68. The van der Waals surface area contributed by atoms with Crippen LogP contribution in [0, 0.1) is 11.8 Å². The van der Waals surface area contributed by atoms with Crippen molar-refractivity contribution in [3.8, 4) is 0 Å². The minimum atomic E-state index is -1.65. The lowest BCUT2D eigenvalue weighted by atomic mass is 9.76. The van der Waals surface area contributed by atoms with Crippen molar-refractivity contribution >= 4 is 51.8 Å². The summed E-state index contributed by atoms with van der Waals surface area (Å²) in [5, 5.41) is 17.2. The number of thiazole rings is 1. The van der Waals surface area contributed by atoms with Crippen molar-refractivity contribution in [3.63, 3.8) is 0 Å². The number of benzene rings is 2. The molecular formula is C27H24N4O4S2. The number of hydrogen-bond donors (Lipinski definition) is 3. The Bertz CT molecular complexity index is 1470. The molecule has 2 aliphatic rings. The molecule has 2 aliphatic heterocycles. The van der Waals surface area contributed by atoms with Crippen LogP contribution in [0.25, 0.3) is 10.9 Å². The largest absolute Gasteiger partial charge is 0.480 e. The van der Waals surface area contributed by atoms with Crippen LogP contribution in [-0.2, 0) is 20.8 Å². The van der Waals surface area contributed by atoms with E-state index in [0.29, 0.717) is 10.8 Å². The van der Waals surface area contributed by atoms with Crippen LogP contribution in [0.4, 0.5) is 0 Å². The molecule has 6 rings (SSSR count). The second kappa shape index (κ2) is 9.44. The van der Waals surface area contributed by atoms with Gasteiger partial charge >= 0.3 is 5.97 Å². The smallest absolute Gasteiger partial charge is 0.325 e. The monoisotopic (exact) mass is 532 g/mol. The molecule has 2 amide bonds. The Kier molecular flexibility index (Phi) is 6.10. The van der Waals surface area contributed by atoms with Crippen LogP contribution in [0.1, 0.15) is 16.6 Å². The molecule has 2 saturated heterocycles. The van der Waals surface area contributed by atoms with Gasteiger partial charge in [0.05, 0.1) is 17.9 Å². The summed E-state index contributed by atoms with van der Waals surface area (Å²) in [6, 6.07) is 16.8. The number of carbonyl (C=O) groups is 3. The molecule has 188 valence electrons. The van der Waals surface area contributed by atoms with E-state index in [4.69, 9.17) is 0 Å². The third kappa shape index (κ3) is 3.96. The van der Waals surface area contributed by atoms with Crippen molar-refractivity contribution in [2.45, 2.75) is 22.9 Å². The van der Waals surface area contributed by atoms with Gasteiger partial charge in [0.2, 0.25) is 11.8 Å². The highest BCUT2D eigenvalue weighted by atomic mass is 32.2. The fourth-order valence-corrected chi connectivity index (χ4v) is 7.26. The number of carboxylic acid groups (broad SMARTS) is 1. The topological polar surface area (TPSA) is 115 Å². The highest BCUT2D eigenvalue weighted by Crippen LogP contribution is 2.50. The quantitative estimate of drug-likeness (QED) is 0.234. The molecule has 2 aromatic heterocycles.